The minimum atomic E-state index is -0.700. The molecule has 1 aliphatic rings. The first-order chi connectivity index (χ1) is 32.1. The third kappa shape index (κ3) is 8.62. The largest absolute Gasteiger partial charge is 0.422 e. The van der Waals surface area contributed by atoms with Gasteiger partial charge in [0.1, 0.15) is 24.1 Å². The van der Waals surface area contributed by atoms with Gasteiger partial charge in [0.15, 0.2) is 5.65 Å². The van der Waals surface area contributed by atoms with Crippen molar-refractivity contribution >= 4 is 68.5 Å². The number of ether oxygens (including phenoxy) is 1. The van der Waals surface area contributed by atoms with E-state index in [1.165, 1.54) is 16.5 Å². The summed E-state index contributed by atoms with van der Waals surface area (Å²) in [5.74, 6) is -2.83. The van der Waals surface area contributed by atoms with Crippen molar-refractivity contribution in [2.45, 2.75) is 72.4 Å². The van der Waals surface area contributed by atoms with Crippen LogP contribution >= 0.6 is 0 Å². The van der Waals surface area contributed by atoms with E-state index in [0.717, 1.165) is 10.1 Å². The molecule has 1 unspecified atom stereocenters. The van der Waals surface area contributed by atoms with Crippen LogP contribution in [0.3, 0.4) is 0 Å². The van der Waals surface area contributed by atoms with Crippen LogP contribution in [0.4, 0.5) is 0 Å². The van der Waals surface area contributed by atoms with E-state index in [-0.39, 0.29) is 59.9 Å². The van der Waals surface area contributed by atoms with Crippen molar-refractivity contribution in [3.63, 3.8) is 0 Å². The minimum Gasteiger partial charge on any atom is -0.422 e. The number of imide groups is 2. The number of aromatic nitrogens is 5. The molecule has 1 atom stereocenters. The molecule has 17 heteroatoms. The molecular formula is C50H49N8O9+. The van der Waals surface area contributed by atoms with Gasteiger partial charge in [0.05, 0.1) is 34.0 Å². The molecule has 3 aromatic heterocycles. The van der Waals surface area contributed by atoms with E-state index in [0.29, 0.717) is 75.6 Å². The van der Waals surface area contributed by atoms with Crippen LogP contribution in [0.25, 0.3) is 33.0 Å². The predicted molar refractivity (Wildman–Crippen MR) is 247 cm³/mol. The first-order valence-electron chi connectivity index (χ1n) is 22.0. The number of rotatable bonds is 15. The number of hydrogen-bond acceptors (Lipinski definition) is 10. The van der Waals surface area contributed by atoms with Crippen LogP contribution in [-0.4, -0.2) is 59.5 Å². The highest BCUT2D eigenvalue weighted by Crippen LogP contribution is 2.32. The average molecular weight is 906 g/mol. The molecule has 67 heavy (non-hydrogen) atoms. The standard InChI is InChI=1S/C50H48N8O9/c1-6-29(25-57-44-42(48(64)56(5)50(57)66)52-39(53-44)17-11-16-38(51)59)20-23-40(60)54-45(61)31-21-18-27(2)43(28(31)3)67-49(65)41-34-14-9-10-15-36(34)55(4)37-22-19-30(24-35(37)41)26-58-46(62)32-12-7-8-13-33(32)47(58)63/h7-10,12-15,18-19,21-22,24,29H,6,11,16-17,20,23,25-26H2,1-5H3,(H3-,51,52,53,54,59,60,61,64)/p+1. The molecular weight excluding hydrogens is 857 g/mol. The van der Waals surface area contributed by atoms with E-state index in [4.69, 9.17) is 10.5 Å². The minimum absolute atomic E-state index is 0.0210. The maximum absolute atomic E-state index is 14.6. The summed E-state index contributed by atoms with van der Waals surface area (Å²) in [6.07, 6.45) is 1.71. The number of primary amides is 1. The van der Waals surface area contributed by atoms with Gasteiger partial charge in [-0.15, -0.1) is 0 Å². The van der Waals surface area contributed by atoms with Gasteiger partial charge in [-0.2, -0.15) is 4.57 Å². The Hall–Kier alpha value is -8.08. The SMILES string of the molecule is CCC(CCC(=O)NC(=O)c1ccc(C)c(OC(=O)c2c3ccccc3[n+](C)c3ccc(CN4C(=O)c5ccccc5C4=O)cc23)c1C)Cn1c(=O)n(C)c(=O)c2[nH]c(CCCC(N)=O)nc21. The zero-order valence-corrected chi connectivity index (χ0v) is 37.7. The molecule has 1 aliphatic heterocycles. The van der Waals surface area contributed by atoms with Gasteiger partial charge in [0.25, 0.3) is 23.3 Å². The van der Waals surface area contributed by atoms with Crippen LogP contribution in [0, 0.1) is 19.8 Å². The maximum Gasteiger partial charge on any atom is 0.345 e. The number of para-hydroxylation sites is 1. The van der Waals surface area contributed by atoms with E-state index in [2.05, 4.69) is 15.3 Å². The fraction of sp³-hybridized carbons (Fsp3) is 0.280. The lowest BCUT2D eigenvalue weighted by Gasteiger charge is -2.18. The number of pyridine rings is 1. The van der Waals surface area contributed by atoms with E-state index >= 15 is 0 Å². The first-order valence-corrected chi connectivity index (χ1v) is 22.0. The van der Waals surface area contributed by atoms with Gasteiger partial charge >= 0.3 is 11.7 Å². The molecule has 5 amide bonds. The summed E-state index contributed by atoms with van der Waals surface area (Å²) in [5.41, 5.74) is 8.49. The van der Waals surface area contributed by atoms with Crippen LogP contribution in [0.2, 0.25) is 0 Å². The number of esters is 1. The van der Waals surface area contributed by atoms with Gasteiger partial charge in [-0.3, -0.25) is 48.1 Å². The van der Waals surface area contributed by atoms with E-state index in [9.17, 15) is 38.4 Å². The third-order valence-electron chi connectivity index (χ3n) is 12.6. The quantitative estimate of drug-likeness (QED) is 0.0420. The fourth-order valence-electron chi connectivity index (χ4n) is 8.86. The Morgan fingerprint density at radius 1 is 0.881 bits per heavy atom. The summed E-state index contributed by atoms with van der Waals surface area (Å²) in [4.78, 5) is 114. The molecule has 17 nitrogen and oxygen atoms in total. The fourth-order valence-corrected chi connectivity index (χ4v) is 8.86. The van der Waals surface area contributed by atoms with Gasteiger partial charge in [0, 0.05) is 56.1 Å². The molecule has 0 radical (unpaired) electrons. The molecule has 4 aromatic carbocycles. The Kier molecular flexibility index (Phi) is 12.5. The number of imidazole rings is 1. The highest BCUT2D eigenvalue weighted by atomic mass is 16.5. The zero-order valence-electron chi connectivity index (χ0n) is 37.7. The van der Waals surface area contributed by atoms with Gasteiger partial charge < -0.3 is 15.5 Å². The summed E-state index contributed by atoms with van der Waals surface area (Å²) < 4.78 is 10.5. The second-order valence-electron chi connectivity index (χ2n) is 17.0. The maximum atomic E-state index is 14.6. The first kappa shape index (κ1) is 45.5. The third-order valence-corrected chi connectivity index (χ3v) is 12.6. The molecule has 8 rings (SSSR count). The highest BCUT2D eigenvalue weighted by Gasteiger charge is 2.35. The number of carbonyl (C=O) groups excluding carboxylic acids is 6. The van der Waals surface area contributed by atoms with Crippen molar-refractivity contribution in [3.8, 4) is 5.75 Å². The highest BCUT2D eigenvalue weighted by molar-refractivity contribution is 6.21. The number of aromatic amines is 1. The predicted octanol–water partition coefficient (Wildman–Crippen LogP) is 4.76. The Morgan fingerprint density at radius 3 is 2.27 bits per heavy atom. The lowest BCUT2D eigenvalue weighted by molar-refractivity contribution is -0.617. The van der Waals surface area contributed by atoms with Crippen molar-refractivity contribution in [2.24, 2.45) is 25.7 Å². The summed E-state index contributed by atoms with van der Waals surface area (Å²) in [5, 5.41) is 3.59. The molecule has 342 valence electrons. The lowest BCUT2D eigenvalue weighted by Crippen LogP contribution is -2.39. The number of nitrogens with zero attached hydrogens (tertiary/aromatic N) is 5. The Balaban J connectivity index is 0.999. The number of benzene rings is 4. The Labute approximate surface area is 383 Å². The van der Waals surface area contributed by atoms with Crippen molar-refractivity contribution in [1.29, 1.82) is 0 Å². The second-order valence-corrected chi connectivity index (χ2v) is 17.0. The van der Waals surface area contributed by atoms with E-state index in [1.807, 2.05) is 54.9 Å². The lowest BCUT2D eigenvalue weighted by atomic mass is 9.99. The van der Waals surface area contributed by atoms with E-state index < -0.39 is 46.8 Å². The molecule has 0 saturated carbocycles. The number of fused-ring (bicyclic) bond motifs is 4. The topological polar surface area (TPSA) is 230 Å². The molecule has 4 N–H and O–H groups in total. The van der Waals surface area contributed by atoms with Crippen molar-refractivity contribution in [2.75, 3.05) is 0 Å². The molecule has 0 aliphatic carbocycles. The van der Waals surface area contributed by atoms with Crippen LogP contribution in [0.1, 0.15) is 103 Å². The summed E-state index contributed by atoms with van der Waals surface area (Å²) in [6, 6.07) is 22.7. The molecule has 7 aromatic rings. The van der Waals surface area contributed by atoms with Crippen molar-refractivity contribution in [1.82, 2.24) is 29.3 Å². The number of aryl methyl sites for hydroxylation is 3. The smallest absolute Gasteiger partial charge is 0.345 e. The Morgan fingerprint density at radius 2 is 1.57 bits per heavy atom. The van der Waals surface area contributed by atoms with Gasteiger partial charge in [0.2, 0.25) is 22.8 Å². The monoisotopic (exact) mass is 905 g/mol. The average Bonchev–Trinajstić information content (AvgIpc) is 3.84. The zero-order chi connectivity index (χ0) is 47.8. The number of amides is 5. The number of carbonyl (C=O) groups is 6. The molecule has 4 heterocycles. The number of hydrogen-bond donors (Lipinski definition) is 3. The molecule has 0 saturated heterocycles. The van der Waals surface area contributed by atoms with Gasteiger partial charge in [-0.25, -0.2) is 14.6 Å². The van der Waals surface area contributed by atoms with Crippen LogP contribution in [0.15, 0.2) is 88.5 Å². The molecule has 0 bridgehead atoms. The molecule has 0 fully saturated rings. The Bertz CT molecular complexity index is 3330. The number of H-pyrrole nitrogens is 1. The normalized spacial score (nSPS) is 12.8. The number of nitrogens with two attached hydrogens (primary N) is 1. The summed E-state index contributed by atoms with van der Waals surface area (Å²) >= 11 is 0. The molecule has 0 spiro atoms. The second kappa shape index (κ2) is 18.4. The van der Waals surface area contributed by atoms with Gasteiger partial charge in [-0.05, 0) is 74.1 Å². The summed E-state index contributed by atoms with van der Waals surface area (Å²) in [6.45, 7) is 5.41. The van der Waals surface area contributed by atoms with Crippen molar-refractivity contribution in [3.05, 3.63) is 144 Å². The summed E-state index contributed by atoms with van der Waals surface area (Å²) in [7, 11) is 3.25. The number of nitrogens with one attached hydrogen (secondary N) is 2. The van der Waals surface area contributed by atoms with E-state index in [1.54, 1.807) is 56.3 Å². The van der Waals surface area contributed by atoms with Gasteiger partial charge in [-0.1, -0.05) is 49.7 Å². The van der Waals surface area contributed by atoms with Crippen LogP contribution < -0.4 is 31.6 Å². The van der Waals surface area contributed by atoms with Crippen molar-refractivity contribution < 1.29 is 38.1 Å². The van der Waals surface area contributed by atoms with Crippen LogP contribution in [-0.2, 0) is 43.2 Å². The van der Waals surface area contributed by atoms with Crippen LogP contribution in [0.5, 0.6) is 5.75 Å².